The molecule has 0 aliphatic rings. The van der Waals surface area contributed by atoms with E-state index < -0.39 is 0 Å². The average molecular weight is 247 g/mol. The van der Waals surface area contributed by atoms with Crippen LogP contribution in [0, 0.1) is 26.7 Å². The standard InChI is InChI=1S/C17H29N/c1-7-15(8-2)17(18-6)11-16-13(4)9-12(3)10-14(16)5/h9-10,15,17-18H,7-8,11H2,1-6H3. The third-order valence-electron chi connectivity index (χ3n) is 4.25. The summed E-state index contributed by atoms with van der Waals surface area (Å²) in [6, 6.07) is 5.21. The minimum Gasteiger partial charge on any atom is -0.316 e. The molecule has 0 aliphatic heterocycles. The molecule has 0 heterocycles. The minimum atomic E-state index is 0.597. The van der Waals surface area contributed by atoms with Gasteiger partial charge < -0.3 is 5.32 Å². The Morgan fingerprint density at radius 2 is 1.50 bits per heavy atom. The highest BCUT2D eigenvalue weighted by Gasteiger charge is 2.18. The van der Waals surface area contributed by atoms with Gasteiger partial charge in [0.2, 0.25) is 0 Å². The van der Waals surface area contributed by atoms with E-state index in [1.165, 1.54) is 35.1 Å². The van der Waals surface area contributed by atoms with Gasteiger partial charge in [0.15, 0.2) is 0 Å². The summed E-state index contributed by atoms with van der Waals surface area (Å²) in [4.78, 5) is 0. The Morgan fingerprint density at radius 1 is 1.00 bits per heavy atom. The van der Waals surface area contributed by atoms with Crippen LogP contribution in [0.4, 0.5) is 0 Å². The van der Waals surface area contributed by atoms with Crippen molar-refractivity contribution in [2.75, 3.05) is 7.05 Å². The summed E-state index contributed by atoms with van der Waals surface area (Å²) in [5.74, 6) is 0.773. The van der Waals surface area contributed by atoms with E-state index in [1.54, 1.807) is 0 Å². The topological polar surface area (TPSA) is 12.0 Å². The molecule has 1 heteroatoms. The average Bonchev–Trinajstić information content (AvgIpc) is 2.32. The molecule has 0 radical (unpaired) electrons. The summed E-state index contributed by atoms with van der Waals surface area (Å²) in [5, 5.41) is 3.52. The lowest BCUT2D eigenvalue weighted by molar-refractivity contribution is 0.348. The molecule has 1 unspecified atom stereocenters. The van der Waals surface area contributed by atoms with Crippen molar-refractivity contribution in [3.8, 4) is 0 Å². The number of rotatable bonds is 6. The molecule has 0 saturated heterocycles. The molecule has 0 aromatic heterocycles. The number of hydrogen-bond donors (Lipinski definition) is 1. The molecule has 0 saturated carbocycles. The van der Waals surface area contributed by atoms with E-state index in [-0.39, 0.29) is 0 Å². The molecule has 0 bridgehead atoms. The van der Waals surface area contributed by atoms with Gasteiger partial charge >= 0.3 is 0 Å². The van der Waals surface area contributed by atoms with Crippen molar-refractivity contribution in [1.82, 2.24) is 5.32 Å². The maximum absolute atomic E-state index is 3.52. The van der Waals surface area contributed by atoms with Crippen molar-refractivity contribution in [1.29, 1.82) is 0 Å². The number of nitrogens with one attached hydrogen (secondary N) is 1. The first-order chi connectivity index (χ1) is 8.53. The third-order valence-corrected chi connectivity index (χ3v) is 4.25. The van der Waals surface area contributed by atoms with Crippen molar-refractivity contribution < 1.29 is 0 Å². The molecule has 1 aromatic carbocycles. The molecule has 18 heavy (non-hydrogen) atoms. The van der Waals surface area contributed by atoms with Gasteiger partial charge in [-0.3, -0.25) is 0 Å². The van der Waals surface area contributed by atoms with E-state index in [4.69, 9.17) is 0 Å². The summed E-state index contributed by atoms with van der Waals surface area (Å²) in [5.41, 5.74) is 5.79. The van der Waals surface area contributed by atoms with Gasteiger partial charge in [-0.1, -0.05) is 44.4 Å². The number of hydrogen-bond acceptors (Lipinski definition) is 1. The van der Waals surface area contributed by atoms with Crippen molar-refractivity contribution in [2.24, 2.45) is 5.92 Å². The predicted octanol–water partition coefficient (Wildman–Crippen LogP) is 4.18. The fourth-order valence-electron chi connectivity index (χ4n) is 3.11. The largest absolute Gasteiger partial charge is 0.316 e. The molecule has 1 nitrogen and oxygen atoms in total. The van der Waals surface area contributed by atoms with Gasteiger partial charge in [-0.15, -0.1) is 0 Å². The lowest BCUT2D eigenvalue weighted by Crippen LogP contribution is -2.35. The van der Waals surface area contributed by atoms with E-state index >= 15 is 0 Å². The Kier molecular flexibility index (Phi) is 5.87. The molecule has 1 aromatic rings. The summed E-state index contributed by atoms with van der Waals surface area (Å²) in [6.45, 7) is 11.3. The lowest BCUT2D eigenvalue weighted by Gasteiger charge is -2.26. The fourth-order valence-corrected chi connectivity index (χ4v) is 3.11. The van der Waals surface area contributed by atoms with Crippen LogP contribution >= 0.6 is 0 Å². The van der Waals surface area contributed by atoms with Crippen LogP contribution < -0.4 is 5.32 Å². The van der Waals surface area contributed by atoms with E-state index in [2.05, 4.69) is 59.1 Å². The first kappa shape index (κ1) is 15.2. The molecule has 1 atom stereocenters. The quantitative estimate of drug-likeness (QED) is 0.795. The molecule has 0 aliphatic carbocycles. The Hall–Kier alpha value is -0.820. The molecule has 0 fully saturated rings. The summed E-state index contributed by atoms with van der Waals surface area (Å²) in [6.07, 6.45) is 3.67. The summed E-state index contributed by atoms with van der Waals surface area (Å²) in [7, 11) is 2.10. The Morgan fingerprint density at radius 3 is 1.89 bits per heavy atom. The van der Waals surface area contributed by atoms with Crippen LogP contribution in [-0.2, 0) is 6.42 Å². The molecule has 1 rings (SSSR count). The molecule has 1 N–H and O–H groups in total. The molecular weight excluding hydrogens is 218 g/mol. The van der Waals surface area contributed by atoms with Crippen LogP contribution in [0.5, 0.6) is 0 Å². The van der Waals surface area contributed by atoms with Gasteiger partial charge in [0, 0.05) is 6.04 Å². The maximum atomic E-state index is 3.52. The monoisotopic (exact) mass is 247 g/mol. The van der Waals surface area contributed by atoms with Crippen molar-refractivity contribution in [3.63, 3.8) is 0 Å². The predicted molar refractivity (Wildman–Crippen MR) is 81.3 cm³/mol. The normalized spacial score (nSPS) is 13.1. The fraction of sp³-hybridized carbons (Fsp3) is 0.647. The van der Waals surface area contributed by atoms with Gasteiger partial charge in [0.25, 0.3) is 0 Å². The zero-order valence-electron chi connectivity index (χ0n) is 12.9. The summed E-state index contributed by atoms with van der Waals surface area (Å²) >= 11 is 0. The highest BCUT2D eigenvalue weighted by atomic mass is 14.9. The van der Waals surface area contributed by atoms with E-state index in [1.807, 2.05) is 0 Å². The van der Waals surface area contributed by atoms with Crippen LogP contribution in [0.1, 0.15) is 48.9 Å². The maximum Gasteiger partial charge on any atom is 0.0133 e. The van der Waals surface area contributed by atoms with Crippen molar-refractivity contribution in [3.05, 3.63) is 34.4 Å². The Labute approximate surface area is 113 Å². The smallest absolute Gasteiger partial charge is 0.0133 e. The second kappa shape index (κ2) is 6.94. The number of likely N-dealkylation sites (N-methyl/N-ethyl adjacent to an activating group) is 1. The van der Waals surface area contributed by atoms with Gasteiger partial charge in [-0.05, 0) is 56.8 Å². The Bertz CT molecular complexity index is 354. The van der Waals surface area contributed by atoms with Crippen LogP contribution in [0.3, 0.4) is 0 Å². The first-order valence-corrected chi connectivity index (χ1v) is 7.27. The molecule has 102 valence electrons. The van der Waals surface area contributed by atoms with E-state index in [9.17, 15) is 0 Å². The number of aryl methyl sites for hydroxylation is 3. The summed E-state index contributed by atoms with van der Waals surface area (Å²) < 4.78 is 0. The highest BCUT2D eigenvalue weighted by molar-refractivity contribution is 5.38. The molecule has 0 amide bonds. The number of benzene rings is 1. The second-order valence-corrected chi connectivity index (χ2v) is 5.55. The molecular formula is C17H29N. The lowest BCUT2D eigenvalue weighted by atomic mass is 9.86. The Balaban J connectivity index is 2.94. The first-order valence-electron chi connectivity index (χ1n) is 7.27. The van der Waals surface area contributed by atoms with Gasteiger partial charge in [0.1, 0.15) is 0 Å². The molecule has 0 spiro atoms. The zero-order chi connectivity index (χ0) is 13.7. The third kappa shape index (κ3) is 3.58. The zero-order valence-corrected chi connectivity index (χ0v) is 12.9. The van der Waals surface area contributed by atoms with Crippen LogP contribution in [0.2, 0.25) is 0 Å². The minimum absolute atomic E-state index is 0.597. The van der Waals surface area contributed by atoms with Gasteiger partial charge in [0.05, 0.1) is 0 Å². The van der Waals surface area contributed by atoms with Crippen molar-refractivity contribution in [2.45, 2.75) is 59.9 Å². The van der Waals surface area contributed by atoms with Crippen LogP contribution in [0.25, 0.3) is 0 Å². The van der Waals surface area contributed by atoms with Crippen LogP contribution in [-0.4, -0.2) is 13.1 Å². The second-order valence-electron chi connectivity index (χ2n) is 5.55. The van der Waals surface area contributed by atoms with E-state index in [0.29, 0.717) is 6.04 Å². The highest BCUT2D eigenvalue weighted by Crippen LogP contribution is 2.22. The van der Waals surface area contributed by atoms with Crippen molar-refractivity contribution >= 4 is 0 Å². The van der Waals surface area contributed by atoms with E-state index in [0.717, 1.165) is 12.3 Å². The van der Waals surface area contributed by atoms with Gasteiger partial charge in [-0.2, -0.15) is 0 Å². The SMILES string of the molecule is CCC(CC)C(Cc1c(C)cc(C)cc1C)NC. The van der Waals surface area contributed by atoms with Crippen LogP contribution in [0.15, 0.2) is 12.1 Å². The van der Waals surface area contributed by atoms with Gasteiger partial charge in [-0.25, -0.2) is 0 Å².